The normalized spacial score (nSPS) is 15.4. The third-order valence-corrected chi connectivity index (χ3v) is 7.89. The van der Waals surface area contributed by atoms with Gasteiger partial charge in [-0.05, 0) is 79.7 Å². The van der Waals surface area contributed by atoms with E-state index in [0.717, 1.165) is 32.0 Å². The smallest absolute Gasteiger partial charge is 0.348 e. The van der Waals surface area contributed by atoms with Crippen LogP contribution in [-0.4, -0.2) is 33.2 Å². The topological polar surface area (TPSA) is 75.3 Å². The van der Waals surface area contributed by atoms with Crippen LogP contribution in [0.1, 0.15) is 46.8 Å². The van der Waals surface area contributed by atoms with Gasteiger partial charge >= 0.3 is 6.18 Å². The highest BCUT2D eigenvalue weighted by Crippen LogP contribution is 2.35. The molecule has 0 radical (unpaired) electrons. The van der Waals surface area contributed by atoms with Crippen LogP contribution in [0.15, 0.2) is 41.3 Å². The van der Waals surface area contributed by atoms with Gasteiger partial charge in [-0.2, -0.15) is 13.2 Å². The summed E-state index contributed by atoms with van der Waals surface area (Å²) in [6.07, 6.45) is -2.67. The Kier molecular flexibility index (Phi) is 8.08. The van der Waals surface area contributed by atoms with Crippen molar-refractivity contribution in [2.75, 3.05) is 18.8 Å². The van der Waals surface area contributed by atoms with Crippen molar-refractivity contribution in [1.82, 2.24) is 10.6 Å². The van der Waals surface area contributed by atoms with Gasteiger partial charge in [0, 0.05) is 17.1 Å². The van der Waals surface area contributed by atoms with Crippen LogP contribution in [0, 0.1) is 5.92 Å². The fourth-order valence-corrected chi connectivity index (χ4v) is 5.29. The monoisotopic (exact) mass is 502 g/mol. The number of hydrogen-bond donors (Lipinski definition) is 2. The molecule has 0 spiro atoms. The molecule has 180 valence electrons. The van der Waals surface area contributed by atoms with Gasteiger partial charge in [-0.25, -0.2) is 8.42 Å². The average Bonchev–Trinajstić information content (AvgIpc) is 2.77. The Bertz CT molecular complexity index is 1110. The highest BCUT2D eigenvalue weighted by atomic mass is 35.5. The standard InChI is InChI=1S/C23H26ClF3N2O3S/c1-2-33(31,32)21-6-5-19(24)12-18(21)14-29-22(30)17-4-3-16(20(13-17)23(25,26)27)11-15-7-9-28-10-8-15/h3-6,12-13,15,28H,2,7-11,14H2,1H3,(H,29,30). The van der Waals surface area contributed by atoms with Crippen LogP contribution >= 0.6 is 11.6 Å². The summed E-state index contributed by atoms with van der Waals surface area (Å²) in [5.41, 5.74) is -0.502. The zero-order valence-electron chi connectivity index (χ0n) is 18.1. The molecule has 2 aromatic rings. The molecule has 1 saturated heterocycles. The van der Waals surface area contributed by atoms with E-state index in [1.54, 1.807) is 0 Å². The van der Waals surface area contributed by atoms with Gasteiger partial charge < -0.3 is 10.6 Å². The van der Waals surface area contributed by atoms with E-state index in [1.165, 1.54) is 37.3 Å². The summed E-state index contributed by atoms with van der Waals surface area (Å²) in [5, 5.41) is 6.00. The molecule has 0 aliphatic carbocycles. The average molecular weight is 503 g/mol. The van der Waals surface area contributed by atoms with Gasteiger partial charge in [-0.1, -0.05) is 24.6 Å². The predicted octanol–water partition coefficient (Wildman–Crippen LogP) is 4.62. The van der Waals surface area contributed by atoms with Crippen LogP contribution in [0.4, 0.5) is 13.2 Å². The third kappa shape index (κ3) is 6.49. The minimum absolute atomic E-state index is 0.0306. The highest BCUT2D eigenvalue weighted by molar-refractivity contribution is 7.91. The number of carbonyl (C=O) groups is 1. The fraction of sp³-hybridized carbons (Fsp3) is 0.435. The molecule has 0 bridgehead atoms. The number of carbonyl (C=O) groups excluding carboxylic acids is 1. The Morgan fingerprint density at radius 3 is 2.45 bits per heavy atom. The molecule has 0 atom stereocenters. The Morgan fingerprint density at radius 1 is 1.12 bits per heavy atom. The van der Waals surface area contributed by atoms with Crippen molar-refractivity contribution in [2.24, 2.45) is 5.92 Å². The second-order valence-corrected chi connectivity index (χ2v) is 10.8. The van der Waals surface area contributed by atoms with E-state index in [-0.39, 0.29) is 44.8 Å². The maximum Gasteiger partial charge on any atom is 0.416 e. The first kappa shape index (κ1) is 25.5. The number of benzene rings is 2. The van der Waals surface area contributed by atoms with Gasteiger partial charge in [0.2, 0.25) is 0 Å². The van der Waals surface area contributed by atoms with Gasteiger partial charge in [0.1, 0.15) is 0 Å². The molecule has 0 saturated carbocycles. The summed E-state index contributed by atoms with van der Waals surface area (Å²) >= 11 is 5.97. The number of hydrogen-bond acceptors (Lipinski definition) is 4. The summed E-state index contributed by atoms with van der Waals surface area (Å²) in [7, 11) is -3.57. The third-order valence-electron chi connectivity index (χ3n) is 5.82. The predicted molar refractivity (Wildman–Crippen MR) is 121 cm³/mol. The van der Waals surface area contributed by atoms with Gasteiger partial charge in [0.05, 0.1) is 16.2 Å². The minimum Gasteiger partial charge on any atom is -0.348 e. The summed E-state index contributed by atoms with van der Waals surface area (Å²) in [6, 6.07) is 7.84. The number of piperidine rings is 1. The first-order valence-electron chi connectivity index (χ1n) is 10.7. The quantitative estimate of drug-likeness (QED) is 0.579. The van der Waals surface area contributed by atoms with Gasteiger partial charge in [-0.15, -0.1) is 0 Å². The largest absolute Gasteiger partial charge is 0.416 e. The molecule has 0 unspecified atom stereocenters. The molecule has 1 aliphatic heterocycles. The first-order chi connectivity index (χ1) is 15.5. The Morgan fingerprint density at radius 2 is 1.82 bits per heavy atom. The molecule has 3 rings (SSSR count). The Hall–Kier alpha value is -2.10. The van der Waals surface area contributed by atoms with Gasteiger partial charge in [0.25, 0.3) is 5.91 Å². The number of halogens is 4. The van der Waals surface area contributed by atoms with E-state index in [0.29, 0.717) is 6.42 Å². The molecule has 1 heterocycles. The van der Waals surface area contributed by atoms with Crippen molar-refractivity contribution < 1.29 is 26.4 Å². The highest BCUT2D eigenvalue weighted by Gasteiger charge is 2.34. The molecule has 33 heavy (non-hydrogen) atoms. The van der Waals surface area contributed by atoms with Crippen LogP contribution in [0.5, 0.6) is 0 Å². The number of rotatable bonds is 7. The summed E-state index contributed by atoms with van der Waals surface area (Å²) < 4.78 is 65.9. The molecule has 5 nitrogen and oxygen atoms in total. The molecule has 1 fully saturated rings. The zero-order chi connectivity index (χ0) is 24.2. The number of sulfone groups is 1. The summed E-state index contributed by atoms with van der Waals surface area (Å²) in [6.45, 7) is 2.87. The zero-order valence-corrected chi connectivity index (χ0v) is 19.7. The van der Waals surface area contributed by atoms with Crippen LogP contribution < -0.4 is 10.6 Å². The lowest BCUT2D eigenvalue weighted by atomic mass is 9.88. The van der Waals surface area contributed by atoms with Crippen LogP contribution in [0.3, 0.4) is 0 Å². The van der Waals surface area contributed by atoms with E-state index in [4.69, 9.17) is 11.6 Å². The van der Waals surface area contributed by atoms with E-state index < -0.39 is 27.5 Å². The molecule has 0 aromatic heterocycles. The lowest BCUT2D eigenvalue weighted by Crippen LogP contribution is -2.29. The maximum atomic E-state index is 13.7. The molecule has 10 heteroatoms. The molecule has 1 amide bonds. The van der Waals surface area contributed by atoms with Gasteiger partial charge in [-0.3, -0.25) is 4.79 Å². The maximum absolute atomic E-state index is 13.7. The molecule has 2 N–H and O–H groups in total. The number of alkyl halides is 3. The van der Waals surface area contributed by atoms with Crippen LogP contribution in [-0.2, 0) is 29.0 Å². The van der Waals surface area contributed by atoms with Crippen molar-refractivity contribution in [3.8, 4) is 0 Å². The van der Waals surface area contributed by atoms with Crippen LogP contribution in [0.2, 0.25) is 5.02 Å². The first-order valence-corrected chi connectivity index (χ1v) is 12.7. The van der Waals surface area contributed by atoms with E-state index in [2.05, 4.69) is 10.6 Å². The fourth-order valence-electron chi connectivity index (χ4n) is 3.98. The second kappa shape index (κ2) is 10.4. The van der Waals surface area contributed by atoms with E-state index in [1.807, 2.05) is 0 Å². The van der Waals surface area contributed by atoms with E-state index >= 15 is 0 Å². The summed E-state index contributed by atoms with van der Waals surface area (Å²) in [5.74, 6) is -0.703. The lowest BCUT2D eigenvalue weighted by molar-refractivity contribution is -0.138. The van der Waals surface area contributed by atoms with Crippen molar-refractivity contribution in [3.63, 3.8) is 0 Å². The van der Waals surface area contributed by atoms with Gasteiger partial charge in [0.15, 0.2) is 9.84 Å². The molecular formula is C23H26ClF3N2O3S. The van der Waals surface area contributed by atoms with Crippen LogP contribution in [0.25, 0.3) is 0 Å². The van der Waals surface area contributed by atoms with Crippen molar-refractivity contribution in [1.29, 1.82) is 0 Å². The molecular weight excluding hydrogens is 477 g/mol. The second-order valence-electron chi connectivity index (χ2n) is 8.11. The lowest BCUT2D eigenvalue weighted by Gasteiger charge is -2.24. The van der Waals surface area contributed by atoms with Crippen molar-refractivity contribution in [2.45, 2.75) is 43.8 Å². The molecule has 1 aliphatic rings. The summed E-state index contributed by atoms with van der Waals surface area (Å²) in [4.78, 5) is 12.7. The minimum atomic E-state index is -4.59. The molecule has 2 aromatic carbocycles. The Labute approximate surface area is 196 Å². The SMILES string of the molecule is CCS(=O)(=O)c1ccc(Cl)cc1CNC(=O)c1ccc(CC2CCNCC2)c(C(F)(F)F)c1. The van der Waals surface area contributed by atoms with E-state index in [9.17, 15) is 26.4 Å². The van der Waals surface area contributed by atoms with Crippen molar-refractivity contribution in [3.05, 3.63) is 63.7 Å². The van der Waals surface area contributed by atoms with Crippen molar-refractivity contribution >= 4 is 27.3 Å². The number of nitrogens with one attached hydrogen (secondary N) is 2. The Balaban J connectivity index is 1.81. The number of amides is 1.